The molecule has 0 bridgehead atoms. The zero-order chi connectivity index (χ0) is 12.6. The maximum Gasteiger partial charge on any atom is 0.0260 e. The van der Waals surface area contributed by atoms with Gasteiger partial charge < -0.3 is 5.32 Å². The summed E-state index contributed by atoms with van der Waals surface area (Å²) in [6, 6.07) is 0.561. The SMILES string of the molecule is C=C(C)NC(C)C(CC)C(CCC)CCC. The molecule has 1 nitrogen and oxygen atoms in total. The second kappa shape index (κ2) is 8.66. The topological polar surface area (TPSA) is 12.0 Å². The molecule has 1 heteroatoms. The molecule has 0 heterocycles. The first-order valence-electron chi connectivity index (χ1n) is 6.98. The normalized spacial score (nSPS) is 14.9. The predicted molar refractivity (Wildman–Crippen MR) is 74.5 cm³/mol. The van der Waals surface area contributed by atoms with Crippen molar-refractivity contribution in [1.29, 1.82) is 0 Å². The van der Waals surface area contributed by atoms with Crippen molar-refractivity contribution in [2.75, 3.05) is 0 Å². The Morgan fingerprint density at radius 3 is 1.94 bits per heavy atom. The van der Waals surface area contributed by atoms with E-state index in [-0.39, 0.29) is 0 Å². The van der Waals surface area contributed by atoms with Crippen molar-refractivity contribution >= 4 is 0 Å². The molecule has 0 spiro atoms. The van der Waals surface area contributed by atoms with Gasteiger partial charge in [-0.3, -0.25) is 0 Å². The molecule has 0 fully saturated rings. The Morgan fingerprint density at radius 1 is 1.12 bits per heavy atom. The van der Waals surface area contributed by atoms with E-state index in [1.807, 2.05) is 0 Å². The summed E-state index contributed by atoms with van der Waals surface area (Å²) in [4.78, 5) is 0. The van der Waals surface area contributed by atoms with Crippen LogP contribution in [0.3, 0.4) is 0 Å². The van der Waals surface area contributed by atoms with Crippen LogP contribution in [0.25, 0.3) is 0 Å². The van der Waals surface area contributed by atoms with Gasteiger partial charge in [-0.25, -0.2) is 0 Å². The Balaban J connectivity index is 4.43. The van der Waals surface area contributed by atoms with E-state index in [9.17, 15) is 0 Å². The van der Waals surface area contributed by atoms with Gasteiger partial charge in [0.1, 0.15) is 0 Å². The largest absolute Gasteiger partial charge is 0.386 e. The van der Waals surface area contributed by atoms with Crippen molar-refractivity contribution in [2.45, 2.75) is 72.8 Å². The second-order valence-corrected chi connectivity index (χ2v) is 5.12. The van der Waals surface area contributed by atoms with Crippen LogP contribution in [-0.2, 0) is 0 Å². The minimum atomic E-state index is 0.561. The molecule has 0 radical (unpaired) electrons. The van der Waals surface area contributed by atoms with E-state index in [1.54, 1.807) is 0 Å². The van der Waals surface area contributed by atoms with E-state index in [0.29, 0.717) is 6.04 Å². The molecule has 0 saturated carbocycles. The summed E-state index contributed by atoms with van der Waals surface area (Å²) in [5.74, 6) is 1.67. The zero-order valence-corrected chi connectivity index (χ0v) is 12.0. The lowest BCUT2D eigenvalue weighted by atomic mass is 9.79. The molecule has 0 aromatic rings. The van der Waals surface area contributed by atoms with E-state index in [2.05, 4.69) is 46.5 Å². The van der Waals surface area contributed by atoms with Gasteiger partial charge in [0.15, 0.2) is 0 Å². The fourth-order valence-corrected chi connectivity index (χ4v) is 2.90. The van der Waals surface area contributed by atoms with Gasteiger partial charge in [-0.05, 0) is 25.7 Å². The fourth-order valence-electron chi connectivity index (χ4n) is 2.90. The first-order chi connectivity index (χ1) is 7.56. The molecule has 96 valence electrons. The first-order valence-corrected chi connectivity index (χ1v) is 6.98. The molecule has 0 aliphatic carbocycles. The van der Waals surface area contributed by atoms with Crippen LogP contribution in [0.1, 0.15) is 66.7 Å². The molecular formula is C15H31N. The van der Waals surface area contributed by atoms with Gasteiger partial charge in [0, 0.05) is 11.7 Å². The van der Waals surface area contributed by atoms with E-state index in [1.165, 1.54) is 32.1 Å². The summed E-state index contributed by atoms with van der Waals surface area (Å²) < 4.78 is 0. The van der Waals surface area contributed by atoms with Gasteiger partial charge >= 0.3 is 0 Å². The highest BCUT2D eigenvalue weighted by Crippen LogP contribution is 2.28. The predicted octanol–water partition coefficient (Wildman–Crippen LogP) is 4.74. The number of allylic oxidation sites excluding steroid dienone is 1. The lowest BCUT2D eigenvalue weighted by Crippen LogP contribution is -2.36. The van der Waals surface area contributed by atoms with Crippen LogP contribution in [-0.4, -0.2) is 6.04 Å². The molecule has 0 aliphatic rings. The number of hydrogen-bond donors (Lipinski definition) is 1. The van der Waals surface area contributed by atoms with Crippen LogP contribution < -0.4 is 5.32 Å². The van der Waals surface area contributed by atoms with E-state index in [4.69, 9.17) is 0 Å². The molecule has 0 aromatic heterocycles. The van der Waals surface area contributed by atoms with Crippen molar-refractivity contribution in [3.8, 4) is 0 Å². The van der Waals surface area contributed by atoms with Crippen molar-refractivity contribution in [2.24, 2.45) is 11.8 Å². The van der Waals surface area contributed by atoms with Crippen LogP contribution in [0.5, 0.6) is 0 Å². The molecule has 16 heavy (non-hydrogen) atoms. The molecular weight excluding hydrogens is 194 g/mol. The number of rotatable bonds is 9. The van der Waals surface area contributed by atoms with Gasteiger partial charge in [0.05, 0.1) is 0 Å². The quantitative estimate of drug-likeness (QED) is 0.597. The zero-order valence-electron chi connectivity index (χ0n) is 12.0. The van der Waals surface area contributed by atoms with Gasteiger partial charge in [0.2, 0.25) is 0 Å². The van der Waals surface area contributed by atoms with Crippen LogP contribution in [0.2, 0.25) is 0 Å². The molecule has 2 atom stereocenters. The first kappa shape index (κ1) is 15.5. The highest BCUT2D eigenvalue weighted by Gasteiger charge is 2.23. The summed E-state index contributed by atoms with van der Waals surface area (Å²) in [6.45, 7) is 15.2. The number of nitrogens with one attached hydrogen (secondary N) is 1. The maximum absolute atomic E-state index is 3.95. The summed E-state index contributed by atoms with van der Waals surface area (Å²) in [5.41, 5.74) is 1.10. The minimum Gasteiger partial charge on any atom is -0.386 e. The van der Waals surface area contributed by atoms with Gasteiger partial charge in [-0.1, -0.05) is 59.5 Å². The Kier molecular flexibility index (Phi) is 8.42. The monoisotopic (exact) mass is 225 g/mol. The highest BCUT2D eigenvalue weighted by molar-refractivity contribution is 4.90. The molecule has 0 rings (SSSR count). The van der Waals surface area contributed by atoms with E-state index >= 15 is 0 Å². The van der Waals surface area contributed by atoms with E-state index < -0.39 is 0 Å². The van der Waals surface area contributed by atoms with Crippen molar-refractivity contribution in [1.82, 2.24) is 5.32 Å². The van der Waals surface area contributed by atoms with Gasteiger partial charge in [-0.2, -0.15) is 0 Å². The summed E-state index contributed by atoms with van der Waals surface area (Å²) >= 11 is 0. The summed E-state index contributed by atoms with van der Waals surface area (Å²) in [5, 5.41) is 3.50. The number of hydrogen-bond acceptors (Lipinski definition) is 1. The molecule has 0 aromatic carbocycles. The highest BCUT2D eigenvalue weighted by atomic mass is 14.9. The Labute approximate surface area is 103 Å². The lowest BCUT2D eigenvalue weighted by Gasteiger charge is -2.32. The average Bonchev–Trinajstić information content (AvgIpc) is 2.18. The third-order valence-corrected chi connectivity index (χ3v) is 3.51. The minimum absolute atomic E-state index is 0.561. The smallest absolute Gasteiger partial charge is 0.0260 e. The molecule has 0 amide bonds. The third kappa shape index (κ3) is 5.58. The van der Waals surface area contributed by atoms with Gasteiger partial charge in [0.25, 0.3) is 0 Å². The molecule has 2 unspecified atom stereocenters. The van der Waals surface area contributed by atoms with Crippen LogP contribution >= 0.6 is 0 Å². The van der Waals surface area contributed by atoms with E-state index in [0.717, 1.165) is 17.5 Å². The van der Waals surface area contributed by atoms with Crippen molar-refractivity contribution in [3.05, 3.63) is 12.3 Å². The maximum atomic E-state index is 3.95. The Morgan fingerprint density at radius 2 is 1.62 bits per heavy atom. The van der Waals surface area contributed by atoms with Crippen LogP contribution in [0.15, 0.2) is 12.3 Å². The van der Waals surface area contributed by atoms with Crippen molar-refractivity contribution < 1.29 is 0 Å². The molecule has 1 N–H and O–H groups in total. The second-order valence-electron chi connectivity index (χ2n) is 5.12. The van der Waals surface area contributed by atoms with Crippen LogP contribution in [0, 0.1) is 11.8 Å². The summed E-state index contributed by atoms with van der Waals surface area (Å²) in [7, 11) is 0. The van der Waals surface area contributed by atoms with Crippen molar-refractivity contribution in [3.63, 3.8) is 0 Å². The van der Waals surface area contributed by atoms with Crippen LogP contribution in [0.4, 0.5) is 0 Å². The summed E-state index contributed by atoms with van der Waals surface area (Å²) in [6.07, 6.45) is 6.62. The molecule has 0 aliphatic heterocycles. The Bertz CT molecular complexity index is 180. The lowest BCUT2D eigenvalue weighted by molar-refractivity contribution is 0.231. The fraction of sp³-hybridized carbons (Fsp3) is 0.867. The third-order valence-electron chi connectivity index (χ3n) is 3.51. The molecule has 0 saturated heterocycles. The van der Waals surface area contributed by atoms with Gasteiger partial charge in [-0.15, -0.1) is 0 Å². The standard InChI is InChI=1S/C15H31N/c1-7-10-14(11-8-2)15(9-3)13(6)16-12(4)5/h13-16H,4,7-11H2,1-3,5-6H3. The Hall–Kier alpha value is -0.460. The average molecular weight is 225 g/mol.